The van der Waals surface area contributed by atoms with Crippen molar-refractivity contribution >= 4 is 11.8 Å². The molecule has 5 heteroatoms. The molecular formula is C22H36O5. The van der Waals surface area contributed by atoms with E-state index in [1.54, 1.807) is 6.08 Å². The summed E-state index contributed by atoms with van der Waals surface area (Å²) in [6.45, 7) is 9.84. The van der Waals surface area contributed by atoms with E-state index >= 15 is 0 Å². The zero-order valence-corrected chi connectivity index (χ0v) is 17.5. The maximum atomic E-state index is 12.5. The molecule has 0 aliphatic carbocycles. The van der Waals surface area contributed by atoms with Gasteiger partial charge in [-0.15, -0.1) is 0 Å². The van der Waals surface area contributed by atoms with Crippen LogP contribution in [0.2, 0.25) is 0 Å². The third-order valence-electron chi connectivity index (χ3n) is 5.24. The third kappa shape index (κ3) is 8.39. The lowest BCUT2D eigenvalue weighted by Crippen LogP contribution is -2.37. The first-order chi connectivity index (χ1) is 12.7. The van der Waals surface area contributed by atoms with Crippen LogP contribution in [0.15, 0.2) is 23.3 Å². The summed E-state index contributed by atoms with van der Waals surface area (Å²) in [4.78, 5) is 23.9. The standard InChI is InChI=1S/C22H36O5/c1-16(2)8-10-20(27-18(4)24)17(3)7-6-13-22(5)21(25)11-9-19(12-14-23)15-26-22/h8,12,17,20,23H,6-7,9-11,13-15H2,1-5H3/t17?,20?,22-/m0/s1. The third-order valence-corrected chi connectivity index (χ3v) is 5.24. The summed E-state index contributed by atoms with van der Waals surface area (Å²) in [6.07, 6.45) is 7.84. The number of aliphatic hydroxyl groups excluding tert-OH is 1. The lowest BCUT2D eigenvalue weighted by atomic mass is 9.88. The van der Waals surface area contributed by atoms with Gasteiger partial charge < -0.3 is 14.6 Å². The second-order valence-electron chi connectivity index (χ2n) is 8.02. The smallest absolute Gasteiger partial charge is 0.302 e. The first-order valence-corrected chi connectivity index (χ1v) is 9.94. The Hall–Kier alpha value is -1.46. The Morgan fingerprint density at radius 2 is 2.04 bits per heavy atom. The fourth-order valence-electron chi connectivity index (χ4n) is 3.35. The Kier molecular flexibility index (Phi) is 9.95. The Bertz CT molecular complexity index is 559. The maximum absolute atomic E-state index is 12.5. The highest BCUT2D eigenvalue weighted by Gasteiger charge is 2.35. The molecule has 2 unspecified atom stereocenters. The molecular weight excluding hydrogens is 344 g/mol. The molecule has 0 saturated carbocycles. The van der Waals surface area contributed by atoms with E-state index in [4.69, 9.17) is 14.6 Å². The molecule has 0 amide bonds. The van der Waals surface area contributed by atoms with Crippen molar-refractivity contribution in [3.05, 3.63) is 23.3 Å². The van der Waals surface area contributed by atoms with Crippen LogP contribution in [0.5, 0.6) is 0 Å². The van der Waals surface area contributed by atoms with Crippen molar-refractivity contribution < 1.29 is 24.2 Å². The molecule has 0 radical (unpaired) electrons. The molecule has 154 valence electrons. The molecule has 1 N–H and O–H groups in total. The van der Waals surface area contributed by atoms with Gasteiger partial charge in [-0.3, -0.25) is 9.59 Å². The quantitative estimate of drug-likeness (QED) is 0.481. The van der Waals surface area contributed by atoms with Gasteiger partial charge in [-0.25, -0.2) is 0 Å². The van der Waals surface area contributed by atoms with Gasteiger partial charge in [-0.05, 0) is 57.9 Å². The lowest BCUT2D eigenvalue weighted by molar-refractivity contribution is -0.148. The van der Waals surface area contributed by atoms with Crippen molar-refractivity contribution in [1.29, 1.82) is 0 Å². The van der Waals surface area contributed by atoms with Gasteiger partial charge in [0.25, 0.3) is 0 Å². The first kappa shape index (κ1) is 23.6. The van der Waals surface area contributed by atoms with Gasteiger partial charge in [-0.2, -0.15) is 0 Å². The predicted octanol–water partition coefficient (Wildman–Crippen LogP) is 4.14. The van der Waals surface area contributed by atoms with Crippen molar-refractivity contribution in [1.82, 2.24) is 0 Å². The Balaban J connectivity index is 2.61. The minimum atomic E-state index is -0.776. The molecule has 1 saturated heterocycles. The van der Waals surface area contributed by atoms with Gasteiger partial charge in [0.1, 0.15) is 11.7 Å². The maximum Gasteiger partial charge on any atom is 0.302 e. The number of Topliss-reactive ketones (excluding diaryl/α,β-unsaturated/α-hetero) is 1. The average molecular weight is 381 g/mol. The van der Waals surface area contributed by atoms with E-state index in [9.17, 15) is 9.59 Å². The summed E-state index contributed by atoms with van der Waals surface area (Å²) in [5.74, 6) is 0.0721. The molecule has 0 aromatic carbocycles. The van der Waals surface area contributed by atoms with Crippen molar-refractivity contribution in [3.63, 3.8) is 0 Å². The molecule has 27 heavy (non-hydrogen) atoms. The van der Waals surface area contributed by atoms with E-state index in [1.165, 1.54) is 12.5 Å². The molecule has 3 atom stereocenters. The van der Waals surface area contributed by atoms with Crippen LogP contribution in [-0.2, 0) is 19.1 Å². The van der Waals surface area contributed by atoms with Crippen LogP contribution in [0.1, 0.15) is 73.1 Å². The van der Waals surface area contributed by atoms with E-state index in [1.807, 2.05) is 20.8 Å². The normalized spacial score (nSPS) is 24.2. The highest BCUT2D eigenvalue weighted by Crippen LogP contribution is 2.29. The molecule has 1 aliphatic rings. The monoisotopic (exact) mass is 380 g/mol. The molecule has 1 rings (SSSR count). The number of esters is 1. The number of carbonyl (C=O) groups excluding carboxylic acids is 2. The van der Waals surface area contributed by atoms with Gasteiger partial charge >= 0.3 is 5.97 Å². The van der Waals surface area contributed by atoms with Gasteiger partial charge in [0.2, 0.25) is 0 Å². The van der Waals surface area contributed by atoms with Crippen LogP contribution in [0.25, 0.3) is 0 Å². The number of hydrogen-bond acceptors (Lipinski definition) is 5. The summed E-state index contributed by atoms with van der Waals surface area (Å²) in [5.41, 5.74) is 1.41. The molecule has 1 fully saturated rings. The van der Waals surface area contributed by atoms with Crippen LogP contribution < -0.4 is 0 Å². The Labute approximate surface area is 163 Å². The van der Waals surface area contributed by atoms with Crippen molar-refractivity contribution in [2.24, 2.45) is 5.92 Å². The fraction of sp³-hybridized carbons (Fsp3) is 0.727. The number of ether oxygens (including phenoxy) is 2. The van der Waals surface area contributed by atoms with Gasteiger partial charge in [0.05, 0.1) is 13.2 Å². The second-order valence-corrected chi connectivity index (χ2v) is 8.02. The minimum absolute atomic E-state index is 0.0235. The highest BCUT2D eigenvalue weighted by molar-refractivity contribution is 5.87. The number of carbonyl (C=O) groups is 2. The largest absolute Gasteiger partial charge is 0.462 e. The zero-order chi connectivity index (χ0) is 20.4. The number of rotatable bonds is 9. The zero-order valence-electron chi connectivity index (χ0n) is 17.5. The molecule has 5 nitrogen and oxygen atoms in total. The highest BCUT2D eigenvalue weighted by atomic mass is 16.5. The van der Waals surface area contributed by atoms with E-state index in [-0.39, 0.29) is 30.4 Å². The summed E-state index contributed by atoms with van der Waals surface area (Å²) in [7, 11) is 0. The molecule has 0 spiro atoms. The number of aliphatic hydroxyl groups is 1. The number of hydrogen-bond donors (Lipinski definition) is 1. The molecule has 1 aliphatic heterocycles. The van der Waals surface area contributed by atoms with Crippen molar-refractivity contribution in [3.8, 4) is 0 Å². The summed E-state index contributed by atoms with van der Waals surface area (Å²) >= 11 is 0. The van der Waals surface area contributed by atoms with E-state index in [0.717, 1.165) is 18.4 Å². The lowest BCUT2D eigenvalue weighted by Gasteiger charge is -2.28. The van der Waals surface area contributed by atoms with Crippen LogP contribution in [-0.4, -0.2) is 41.8 Å². The topological polar surface area (TPSA) is 72.8 Å². The van der Waals surface area contributed by atoms with E-state index in [0.29, 0.717) is 32.3 Å². The van der Waals surface area contributed by atoms with Gasteiger partial charge in [-0.1, -0.05) is 24.6 Å². The molecule has 0 aromatic rings. The summed E-state index contributed by atoms with van der Waals surface area (Å²) in [5, 5.41) is 9.04. The van der Waals surface area contributed by atoms with Crippen LogP contribution in [0.3, 0.4) is 0 Å². The molecule has 0 aromatic heterocycles. The predicted molar refractivity (Wildman–Crippen MR) is 106 cm³/mol. The van der Waals surface area contributed by atoms with Crippen LogP contribution >= 0.6 is 0 Å². The van der Waals surface area contributed by atoms with Crippen molar-refractivity contribution in [2.75, 3.05) is 13.2 Å². The fourth-order valence-corrected chi connectivity index (χ4v) is 3.35. The van der Waals surface area contributed by atoms with Gasteiger partial charge in [0.15, 0.2) is 5.78 Å². The summed E-state index contributed by atoms with van der Waals surface area (Å²) < 4.78 is 11.4. The first-order valence-electron chi connectivity index (χ1n) is 9.94. The molecule has 0 bridgehead atoms. The van der Waals surface area contributed by atoms with E-state index in [2.05, 4.69) is 13.0 Å². The van der Waals surface area contributed by atoms with Crippen LogP contribution in [0.4, 0.5) is 0 Å². The minimum Gasteiger partial charge on any atom is -0.462 e. The summed E-state index contributed by atoms with van der Waals surface area (Å²) in [6, 6.07) is 0. The second kappa shape index (κ2) is 11.4. The Morgan fingerprint density at radius 1 is 1.33 bits per heavy atom. The van der Waals surface area contributed by atoms with E-state index < -0.39 is 5.60 Å². The number of ketones is 1. The number of allylic oxidation sites excluding steroid dienone is 1. The van der Waals surface area contributed by atoms with Gasteiger partial charge in [0, 0.05) is 19.8 Å². The SMILES string of the molecule is CC(=O)OC(CC=C(C)C)C(C)CCC[C@]1(C)OCC(=CCO)CCC1=O. The molecule has 1 heterocycles. The van der Waals surface area contributed by atoms with Crippen molar-refractivity contribution in [2.45, 2.75) is 84.8 Å². The van der Waals surface area contributed by atoms with Crippen LogP contribution in [0, 0.1) is 5.92 Å². The average Bonchev–Trinajstić information content (AvgIpc) is 2.72. The Morgan fingerprint density at radius 3 is 2.63 bits per heavy atom.